The van der Waals surface area contributed by atoms with Gasteiger partial charge in [-0.05, 0) is 36.4 Å². The summed E-state index contributed by atoms with van der Waals surface area (Å²) in [7, 11) is -3.28. The maximum atomic E-state index is 13.6. The summed E-state index contributed by atoms with van der Waals surface area (Å²) in [6, 6.07) is 12.3. The van der Waals surface area contributed by atoms with Crippen LogP contribution in [0.15, 0.2) is 47.4 Å². The zero-order valence-electron chi connectivity index (χ0n) is 11.3. The van der Waals surface area contributed by atoms with Gasteiger partial charge in [0.25, 0.3) is 0 Å². The van der Waals surface area contributed by atoms with E-state index in [4.69, 9.17) is 5.26 Å². The highest BCUT2D eigenvalue weighted by molar-refractivity contribution is 7.90. The maximum absolute atomic E-state index is 13.6. The van der Waals surface area contributed by atoms with Gasteiger partial charge in [0.1, 0.15) is 5.82 Å². The molecular formula is C15H13FN2O2S. The molecule has 0 atom stereocenters. The molecule has 1 N–H and O–H groups in total. The third-order valence-corrected chi connectivity index (χ3v) is 4.03. The van der Waals surface area contributed by atoms with Crippen LogP contribution in [0, 0.1) is 17.1 Å². The van der Waals surface area contributed by atoms with Gasteiger partial charge in [-0.1, -0.05) is 6.07 Å². The molecule has 2 aromatic carbocycles. The number of hydrogen-bond acceptors (Lipinski definition) is 4. The van der Waals surface area contributed by atoms with Crippen molar-refractivity contribution in [2.24, 2.45) is 0 Å². The molecule has 21 heavy (non-hydrogen) atoms. The van der Waals surface area contributed by atoms with Crippen LogP contribution in [-0.2, 0) is 16.4 Å². The Balaban J connectivity index is 2.19. The predicted molar refractivity (Wildman–Crippen MR) is 78.0 cm³/mol. The van der Waals surface area contributed by atoms with Crippen molar-refractivity contribution in [1.82, 2.24) is 0 Å². The number of nitrogens with zero attached hydrogens (tertiary/aromatic N) is 1. The average molecular weight is 304 g/mol. The van der Waals surface area contributed by atoms with Gasteiger partial charge in [-0.2, -0.15) is 5.26 Å². The van der Waals surface area contributed by atoms with Gasteiger partial charge in [0, 0.05) is 24.1 Å². The Morgan fingerprint density at radius 1 is 1.24 bits per heavy atom. The first kappa shape index (κ1) is 15.0. The summed E-state index contributed by atoms with van der Waals surface area (Å²) in [5.41, 5.74) is 1.29. The summed E-state index contributed by atoms with van der Waals surface area (Å²) in [6.45, 7) is 0.161. The van der Waals surface area contributed by atoms with E-state index >= 15 is 0 Å². The minimum absolute atomic E-state index is 0.161. The molecule has 0 aliphatic heterocycles. The van der Waals surface area contributed by atoms with Crippen LogP contribution in [0.1, 0.15) is 11.1 Å². The highest BCUT2D eigenvalue weighted by Crippen LogP contribution is 2.17. The highest BCUT2D eigenvalue weighted by atomic mass is 32.2. The van der Waals surface area contributed by atoms with Crippen LogP contribution in [-0.4, -0.2) is 14.7 Å². The van der Waals surface area contributed by atoms with Gasteiger partial charge < -0.3 is 5.32 Å². The second-order valence-corrected chi connectivity index (χ2v) is 6.59. The summed E-state index contributed by atoms with van der Waals surface area (Å²) in [5, 5.41) is 11.8. The van der Waals surface area contributed by atoms with Crippen molar-refractivity contribution in [2.75, 3.05) is 11.6 Å². The number of anilines is 1. The fourth-order valence-corrected chi connectivity index (χ4v) is 2.48. The van der Waals surface area contributed by atoms with Crippen molar-refractivity contribution in [3.05, 3.63) is 59.4 Å². The normalized spacial score (nSPS) is 10.9. The Kier molecular flexibility index (Phi) is 4.24. The van der Waals surface area contributed by atoms with Crippen molar-refractivity contribution in [3.8, 4) is 6.07 Å². The Labute approximate surface area is 122 Å². The van der Waals surface area contributed by atoms with E-state index in [1.165, 1.54) is 30.3 Å². The molecular weight excluding hydrogens is 291 g/mol. The number of nitrogens with one attached hydrogen (secondary N) is 1. The summed E-state index contributed by atoms with van der Waals surface area (Å²) >= 11 is 0. The predicted octanol–water partition coefficient (Wildman–Crippen LogP) is 2.71. The molecule has 0 saturated carbocycles. The molecule has 4 nitrogen and oxygen atoms in total. The van der Waals surface area contributed by atoms with E-state index in [2.05, 4.69) is 5.32 Å². The van der Waals surface area contributed by atoms with E-state index in [0.29, 0.717) is 16.8 Å². The van der Waals surface area contributed by atoms with Gasteiger partial charge in [0.15, 0.2) is 9.84 Å². The highest BCUT2D eigenvalue weighted by Gasteiger charge is 2.08. The second kappa shape index (κ2) is 5.94. The van der Waals surface area contributed by atoms with Crippen LogP contribution in [0.5, 0.6) is 0 Å². The first-order valence-electron chi connectivity index (χ1n) is 6.12. The van der Waals surface area contributed by atoms with Crippen LogP contribution < -0.4 is 5.32 Å². The van der Waals surface area contributed by atoms with Gasteiger partial charge in [-0.25, -0.2) is 12.8 Å². The lowest BCUT2D eigenvalue weighted by atomic mass is 10.1. The molecule has 0 fully saturated rings. The van der Waals surface area contributed by atoms with Gasteiger partial charge >= 0.3 is 0 Å². The first-order chi connectivity index (χ1) is 9.90. The van der Waals surface area contributed by atoms with Crippen LogP contribution in [0.3, 0.4) is 0 Å². The van der Waals surface area contributed by atoms with Crippen molar-refractivity contribution in [2.45, 2.75) is 11.4 Å². The minimum atomic E-state index is -3.28. The fourth-order valence-electron chi connectivity index (χ4n) is 1.81. The topological polar surface area (TPSA) is 70.0 Å². The zero-order valence-corrected chi connectivity index (χ0v) is 12.1. The van der Waals surface area contributed by atoms with Crippen molar-refractivity contribution in [3.63, 3.8) is 0 Å². The first-order valence-corrected chi connectivity index (χ1v) is 8.02. The van der Waals surface area contributed by atoms with Crippen molar-refractivity contribution >= 4 is 15.5 Å². The van der Waals surface area contributed by atoms with E-state index in [-0.39, 0.29) is 11.4 Å². The fraction of sp³-hybridized carbons (Fsp3) is 0.133. The van der Waals surface area contributed by atoms with Gasteiger partial charge in [-0.15, -0.1) is 0 Å². The Morgan fingerprint density at radius 2 is 2.00 bits per heavy atom. The standard InChI is InChI=1S/C15H13FN2O2S/c1-21(19,20)14-4-2-3-13(8-14)18-10-12-7-11(9-17)5-6-15(12)16/h2-8,18H,10H2,1H3. The number of nitriles is 1. The monoisotopic (exact) mass is 304 g/mol. The number of sulfone groups is 1. The van der Waals surface area contributed by atoms with Crippen LogP contribution in [0.2, 0.25) is 0 Å². The maximum Gasteiger partial charge on any atom is 0.175 e. The molecule has 0 spiro atoms. The third-order valence-electron chi connectivity index (χ3n) is 2.92. The summed E-state index contributed by atoms with van der Waals surface area (Å²) in [5.74, 6) is -0.416. The lowest BCUT2D eigenvalue weighted by Crippen LogP contribution is -2.04. The summed E-state index contributed by atoms with van der Waals surface area (Å²) in [6.07, 6.45) is 1.13. The Morgan fingerprint density at radius 3 is 2.67 bits per heavy atom. The number of rotatable bonds is 4. The van der Waals surface area contributed by atoms with Crippen molar-refractivity contribution in [1.29, 1.82) is 5.26 Å². The number of benzene rings is 2. The number of hydrogen-bond donors (Lipinski definition) is 1. The third kappa shape index (κ3) is 3.80. The summed E-state index contributed by atoms with van der Waals surface area (Å²) in [4.78, 5) is 0.193. The molecule has 0 aromatic heterocycles. The summed E-state index contributed by atoms with van der Waals surface area (Å²) < 4.78 is 36.6. The zero-order chi connectivity index (χ0) is 15.5. The van der Waals surface area contributed by atoms with Crippen LogP contribution in [0.25, 0.3) is 0 Å². The van der Waals surface area contributed by atoms with E-state index in [0.717, 1.165) is 6.26 Å². The number of halogens is 1. The second-order valence-electron chi connectivity index (χ2n) is 4.57. The SMILES string of the molecule is CS(=O)(=O)c1cccc(NCc2cc(C#N)ccc2F)c1. The smallest absolute Gasteiger partial charge is 0.175 e. The molecule has 0 bridgehead atoms. The molecule has 2 aromatic rings. The molecule has 0 aliphatic carbocycles. The molecule has 2 rings (SSSR count). The van der Waals surface area contributed by atoms with E-state index in [1.807, 2.05) is 6.07 Å². The average Bonchev–Trinajstić information content (AvgIpc) is 2.46. The van der Waals surface area contributed by atoms with Crippen LogP contribution in [0.4, 0.5) is 10.1 Å². The molecule has 0 saturated heterocycles. The Bertz CT molecular complexity index is 811. The quantitative estimate of drug-likeness (QED) is 0.943. The molecule has 0 heterocycles. The lowest BCUT2D eigenvalue weighted by Gasteiger charge is -2.09. The molecule has 0 radical (unpaired) electrons. The molecule has 0 amide bonds. The minimum Gasteiger partial charge on any atom is -0.381 e. The molecule has 0 unspecified atom stereocenters. The van der Waals surface area contributed by atoms with E-state index in [9.17, 15) is 12.8 Å². The van der Waals surface area contributed by atoms with Crippen LogP contribution >= 0.6 is 0 Å². The molecule has 0 aliphatic rings. The van der Waals surface area contributed by atoms with Crippen molar-refractivity contribution < 1.29 is 12.8 Å². The molecule has 6 heteroatoms. The Hall–Kier alpha value is -2.39. The van der Waals surface area contributed by atoms with Gasteiger partial charge in [0.2, 0.25) is 0 Å². The largest absolute Gasteiger partial charge is 0.381 e. The van der Waals surface area contributed by atoms with Gasteiger partial charge in [0.05, 0.1) is 16.5 Å². The van der Waals surface area contributed by atoms with Gasteiger partial charge in [-0.3, -0.25) is 0 Å². The lowest BCUT2D eigenvalue weighted by molar-refractivity contribution is 0.601. The van der Waals surface area contributed by atoms with E-state index < -0.39 is 15.7 Å². The van der Waals surface area contributed by atoms with E-state index in [1.54, 1.807) is 12.1 Å². The molecule has 108 valence electrons.